The number of anilines is 2. The molecule has 1 aliphatic heterocycles. The minimum Gasteiger partial charge on any atom is -0.494 e. The van der Waals surface area contributed by atoms with Crippen molar-refractivity contribution in [2.24, 2.45) is 7.05 Å². The van der Waals surface area contributed by atoms with Crippen molar-refractivity contribution in [3.63, 3.8) is 0 Å². The number of pyridine rings is 1. The Bertz CT molecular complexity index is 1430. The molecule has 0 amide bonds. The van der Waals surface area contributed by atoms with Crippen LogP contribution in [0.3, 0.4) is 0 Å². The molecular formula is C21H22FN7O3S. The molecule has 1 N–H and O–H groups in total. The van der Waals surface area contributed by atoms with E-state index in [0.717, 1.165) is 11.1 Å². The molecule has 1 saturated heterocycles. The molecule has 0 bridgehead atoms. The average Bonchev–Trinajstić information content (AvgIpc) is 3.54. The van der Waals surface area contributed by atoms with E-state index in [-0.39, 0.29) is 10.6 Å². The van der Waals surface area contributed by atoms with Crippen LogP contribution in [0, 0.1) is 0 Å². The highest BCUT2D eigenvalue weighted by Gasteiger charge is 2.24. The fourth-order valence-corrected chi connectivity index (χ4v) is 4.97. The Morgan fingerprint density at radius 2 is 2.06 bits per heavy atom. The molecule has 0 saturated carbocycles. The number of alkyl halides is 1. The lowest BCUT2D eigenvalue weighted by Gasteiger charge is -2.17. The SMILES string of the molecule is COc1ccc2cnn(C)c2c1NS(=O)(=O)c1cnn(-c2cc(N3CC[C@@H](F)C3)ccn2)c1. The van der Waals surface area contributed by atoms with Crippen LogP contribution in [0.4, 0.5) is 15.8 Å². The number of benzene rings is 1. The third kappa shape index (κ3) is 3.86. The van der Waals surface area contributed by atoms with Crippen LogP contribution < -0.4 is 14.4 Å². The molecule has 1 fully saturated rings. The summed E-state index contributed by atoms with van der Waals surface area (Å²) in [5.41, 5.74) is 1.69. The van der Waals surface area contributed by atoms with Crippen molar-refractivity contribution >= 4 is 32.3 Å². The quantitative estimate of drug-likeness (QED) is 0.460. The zero-order valence-corrected chi connectivity index (χ0v) is 18.8. The van der Waals surface area contributed by atoms with Gasteiger partial charge in [-0.2, -0.15) is 10.2 Å². The first-order valence-corrected chi connectivity index (χ1v) is 11.8. The number of hydrogen-bond acceptors (Lipinski definition) is 7. The number of hydrogen-bond donors (Lipinski definition) is 1. The molecule has 0 radical (unpaired) electrons. The number of fused-ring (bicyclic) bond motifs is 1. The molecule has 1 aliphatic rings. The van der Waals surface area contributed by atoms with Crippen LogP contribution in [0.5, 0.6) is 5.75 Å². The van der Waals surface area contributed by atoms with E-state index in [1.54, 1.807) is 48.4 Å². The van der Waals surface area contributed by atoms with Gasteiger partial charge in [0.15, 0.2) is 5.82 Å². The predicted octanol–water partition coefficient (Wildman–Crippen LogP) is 2.51. The summed E-state index contributed by atoms with van der Waals surface area (Å²) in [5.74, 6) is 0.802. The summed E-state index contributed by atoms with van der Waals surface area (Å²) in [6.45, 7) is 0.947. The second kappa shape index (κ2) is 8.03. The molecule has 12 heteroatoms. The van der Waals surface area contributed by atoms with Crippen molar-refractivity contribution in [3.05, 3.63) is 49.1 Å². The Morgan fingerprint density at radius 3 is 2.82 bits per heavy atom. The van der Waals surface area contributed by atoms with E-state index in [1.807, 2.05) is 4.90 Å². The Morgan fingerprint density at radius 1 is 1.21 bits per heavy atom. The Balaban J connectivity index is 1.46. The molecule has 1 aromatic carbocycles. The van der Waals surface area contributed by atoms with Gasteiger partial charge in [-0.15, -0.1) is 0 Å². The fraction of sp³-hybridized carbons (Fsp3) is 0.286. The van der Waals surface area contributed by atoms with E-state index in [0.29, 0.717) is 36.6 Å². The number of halogens is 1. The van der Waals surface area contributed by atoms with Crippen molar-refractivity contribution in [1.29, 1.82) is 0 Å². The van der Waals surface area contributed by atoms with Crippen molar-refractivity contribution in [1.82, 2.24) is 24.5 Å². The average molecular weight is 472 g/mol. The van der Waals surface area contributed by atoms with E-state index in [2.05, 4.69) is 19.9 Å². The molecule has 33 heavy (non-hydrogen) atoms. The van der Waals surface area contributed by atoms with Gasteiger partial charge in [-0.3, -0.25) is 9.40 Å². The lowest BCUT2D eigenvalue weighted by Crippen LogP contribution is -2.20. The summed E-state index contributed by atoms with van der Waals surface area (Å²) >= 11 is 0. The lowest BCUT2D eigenvalue weighted by atomic mass is 10.2. The molecule has 4 aromatic rings. The third-order valence-electron chi connectivity index (χ3n) is 5.65. The highest BCUT2D eigenvalue weighted by molar-refractivity contribution is 7.92. The number of nitrogens with one attached hydrogen (secondary N) is 1. The van der Waals surface area contributed by atoms with Crippen LogP contribution in [0.15, 0.2) is 53.9 Å². The topological polar surface area (TPSA) is 107 Å². The second-order valence-corrected chi connectivity index (χ2v) is 9.46. The van der Waals surface area contributed by atoms with Crippen LogP contribution >= 0.6 is 0 Å². The zero-order chi connectivity index (χ0) is 23.2. The molecule has 5 rings (SSSR count). The first-order chi connectivity index (χ1) is 15.9. The minimum atomic E-state index is -3.99. The monoisotopic (exact) mass is 471 g/mol. The molecule has 1 atom stereocenters. The molecule has 4 heterocycles. The van der Waals surface area contributed by atoms with Gasteiger partial charge in [0.05, 0.1) is 31.2 Å². The zero-order valence-electron chi connectivity index (χ0n) is 18.0. The number of methoxy groups -OCH3 is 1. The predicted molar refractivity (Wildman–Crippen MR) is 121 cm³/mol. The Kier molecular flexibility index (Phi) is 5.16. The van der Waals surface area contributed by atoms with E-state index < -0.39 is 16.2 Å². The van der Waals surface area contributed by atoms with E-state index >= 15 is 0 Å². The maximum absolute atomic E-state index is 13.6. The van der Waals surface area contributed by atoms with Crippen LogP contribution in [-0.4, -0.2) is 59.3 Å². The Hall–Kier alpha value is -3.67. The van der Waals surface area contributed by atoms with E-state index in [9.17, 15) is 12.8 Å². The molecule has 0 aliphatic carbocycles. The number of ether oxygens (including phenoxy) is 1. The number of aryl methyl sites for hydroxylation is 1. The molecule has 0 unspecified atom stereocenters. The Labute approximate surface area is 189 Å². The number of nitrogens with zero attached hydrogens (tertiary/aromatic N) is 6. The number of sulfonamides is 1. The first-order valence-electron chi connectivity index (χ1n) is 10.3. The fourth-order valence-electron chi connectivity index (χ4n) is 3.96. The minimum absolute atomic E-state index is 0.0408. The van der Waals surface area contributed by atoms with Gasteiger partial charge in [-0.25, -0.2) is 22.5 Å². The van der Waals surface area contributed by atoms with Crippen molar-refractivity contribution < 1.29 is 17.5 Å². The maximum Gasteiger partial charge on any atom is 0.265 e. The standard InChI is InChI=1S/C21H22FN7O3S/c1-27-21-14(10-24-27)3-4-18(32-2)20(21)26-33(30,31)17-11-25-29(13-17)19-9-16(5-7-23-19)28-8-6-15(22)12-28/h3-5,7,9-11,13,15,26H,6,8,12H2,1-2H3/t15-/m1/s1. The summed E-state index contributed by atoms with van der Waals surface area (Å²) in [6, 6.07) is 7.04. The van der Waals surface area contributed by atoms with Gasteiger partial charge >= 0.3 is 0 Å². The van der Waals surface area contributed by atoms with E-state index in [1.165, 1.54) is 24.2 Å². The van der Waals surface area contributed by atoms with Gasteiger partial charge in [0.1, 0.15) is 22.5 Å². The van der Waals surface area contributed by atoms with Crippen LogP contribution in [0.25, 0.3) is 16.7 Å². The first kappa shape index (κ1) is 21.2. The van der Waals surface area contributed by atoms with Crippen molar-refractivity contribution in [3.8, 4) is 11.6 Å². The van der Waals surface area contributed by atoms with Crippen LogP contribution in [-0.2, 0) is 17.1 Å². The van der Waals surface area contributed by atoms with Crippen LogP contribution in [0.2, 0.25) is 0 Å². The summed E-state index contributed by atoms with van der Waals surface area (Å²) in [4.78, 5) is 6.17. The number of rotatable bonds is 6. The van der Waals surface area contributed by atoms with Gasteiger partial charge in [0.2, 0.25) is 0 Å². The highest BCUT2D eigenvalue weighted by atomic mass is 32.2. The molecular weight excluding hydrogens is 449 g/mol. The van der Waals surface area contributed by atoms with Crippen molar-refractivity contribution in [2.75, 3.05) is 29.8 Å². The van der Waals surface area contributed by atoms with Gasteiger partial charge in [0, 0.05) is 43.5 Å². The van der Waals surface area contributed by atoms with Gasteiger partial charge in [0.25, 0.3) is 10.0 Å². The van der Waals surface area contributed by atoms with Gasteiger partial charge < -0.3 is 9.64 Å². The lowest BCUT2D eigenvalue weighted by molar-refractivity contribution is 0.364. The summed E-state index contributed by atoms with van der Waals surface area (Å²) in [6.07, 6.45) is 5.51. The summed E-state index contributed by atoms with van der Waals surface area (Å²) in [5, 5.41) is 9.15. The van der Waals surface area contributed by atoms with Crippen LogP contribution in [0.1, 0.15) is 6.42 Å². The van der Waals surface area contributed by atoms with Crippen molar-refractivity contribution in [2.45, 2.75) is 17.5 Å². The maximum atomic E-state index is 13.6. The summed E-state index contributed by atoms with van der Waals surface area (Å²) in [7, 11) is -0.801. The van der Waals surface area contributed by atoms with E-state index in [4.69, 9.17) is 4.74 Å². The van der Waals surface area contributed by atoms with Gasteiger partial charge in [-0.1, -0.05) is 0 Å². The highest BCUT2D eigenvalue weighted by Crippen LogP contribution is 2.34. The molecule has 3 aromatic heterocycles. The molecule has 10 nitrogen and oxygen atoms in total. The summed E-state index contributed by atoms with van der Waals surface area (Å²) < 4.78 is 50.9. The molecule has 0 spiro atoms. The second-order valence-electron chi connectivity index (χ2n) is 7.78. The largest absolute Gasteiger partial charge is 0.494 e. The smallest absolute Gasteiger partial charge is 0.265 e. The van der Waals surface area contributed by atoms with Gasteiger partial charge in [-0.05, 0) is 24.6 Å². The number of aromatic nitrogens is 5. The molecule has 172 valence electrons. The third-order valence-corrected chi connectivity index (χ3v) is 6.95. The normalized spacial score (nSPS) is 16.5.